The van der Waals surface area contributed by atoms with Gasteiger partial charge in [-0.05, 0) is 50.6 Å². The zero-order valence-electron chi connectivity index (χ0n) is 11.1. The monoisotopic (exact) mass is 357 g/mol. The smallest absolute Gasteiger partial charge is 0.178 e. The van der Waals surface area contributed by atoms with Gasteiger partial charge in [-0.25, -0.2) is 4.98 Å². The fourth-order valence-corrected chi connectivity index (χ4v) is 3.30. The van der Waals surface area contributed by atoms with E-state index in [1.807, 2.05) is 60.0 Å². The molecule has 0 radical (unpaired) electrons. The molecular weight excluding hydrogens is 346 g/mol. The summed E-state index contributed by atoms with van der Waals surface area (Å²) >= 11 is 4.81. The Morgan fingerprint density at radius 1 is 1.05 bits per heavy atom. The minimum Gasteiger partial charge on any atom is -0.293 e. The van der Waals surface area contributed by atoms with E-state index in [0.717, 1.165) is 26.3 Å². The van der Waals surface area contributed by atoms with Crippen molar-refractivity contribution in [3.8, 4) is 11.1 Å². The highest BCUT2D eigenvalue weighted by Crippen LogP contribution is 2.26. The van der Waals surface area contributed by atoms with Crippen molar-refractivity contribution in [2.24, 2.45) is 0 Å². The number of halogens is 1. The maximum absolute atomic E-state index is 12.3. The average Bonchev–Trinajstić information content (AvgIpc) is 2.98. The van der Waals surface area contributed by atoms with Crippen LogP contribution in [-0.2, 0) is 6.42 Å². The van der Waals surface area contributed by atoms with Crippen LogP contribution < -0.4 is 0 Å². The highest BCUT2D eigenvalue weighted by Gasteiger charge is 2.12. The zero-order chi connectivity index (χ0) is 14.7. The summed E-state index contributed by atoms with van der Waals surface area (Å²) in [6.07, 6.45) is 0.328. The summed E-state index contributed by atoms with van der Waals surface area (Å²) in [5.74, 6) is 0.104. The molecule has 104 valence electrons. The van der Waals surface area contributed by atoms with Gasteiger partial charge in [-0.3, -0.25) is 4.79 Å². The topological polar surface area (TPSA) is 30.0 Å². The summed E-state index contributed by atoms with van der Waals surface area (Å²) in [6.45, 7) is 0. The van der Waals surface area contributed by atoms with E-state index in [9.17, 15) is 4.79 Å². The molecule has 0 amide bonds. The van der Waals surface area contributed by atoms with E-state index in [1.54, 1.807) is 0 Å². The van der Waals surface area contributed by atoms with E-state index in [-0.39, 0.29) is 5.78 Å². The zero-order valence-corrected chi connectivity index (χ0v) is 13.5. The molecule has 21 heavy (non-hydrogen) atoms. The molecule has 0 unspecified atom stereocenters. The van der Waals surface area contributed by atoms with Gasteiger partial charge in [0, 0.05) is 5.69 Å². The van der Waals surface area contributed by atoms with Crippen LogP contribution in [0, 0.1) is 0 Å². The quantitative estimate of drug-likeness (QED) is 0.485. The minimum absolute atomic E-state index is 0.104. The average molecular weight is 358 g/mol. The number of pyridine rings is 1. The van der Waals surface area contributed by atoms with E-state index in [1.165, 1.54) is 11.3 Å². The molecule has 0 bridgehead atoms. The summed E-state index contributed by atoms with van der Waals surface area (Å²) in [6, 6.07) is 17.7. The maximum atomic E-state index is 12.3. The number of benzene rings is 1. The highest BCUT2D eigenvalue weighted by molar-refractivity contribution is 9.10. The first-order valence-electron chi connectivity index (χ1n) is 6.51. The second-order valence-corrected chi connectivity index (χ2v) is 6.34. The molecule has 1 aromatic carbocycles. The van der Waals surface area contributed by atoms with Gasteiger partial charge in [0.2, 0.25) is 0 Å². The van der Waals surface area contributed by atoms with E-state index in [4.69, 9.17) is 0 Å². The molecule has 2 heterocycles. The second-order valence-electron chi connectivity index (χ2n) is 4.62. The number of Topliss-reactive ketones (excluding diaryl/α,β-unsaturated/α-hetero) is 1. The molecule has 0 saturated heterocycles. The number of rotatable bonds is 4. The first-order chi connectivity index (χ1) is 10.2. The lowest BCUT2D eigenvalue weighted by Crippen LogP contribution is -2.03. The van der Waals surface area contributed by atoms with Crippen LogP contribution in [0.4, 0.5) is 0 Å². The molecule has 0 saturated carbocycles. The molecule has 0 aliphatic heterocycles. The number of hydrogen-bond acceptors (Lipinski definition) is 3. The SMILES string of the molecule is O=C(Cc1cccc(Br)n1)c1cc(-c2ccccc2)cs1. The molecule has 0 N–H and O–H groups in total. The van der Waals surface area contributed by atoms with Gasteiger partial charge < -0.3 is 0 Å². The first kappa shape index (κ1) is 14.2. The normalized spacial score (nSPS) is 10.5. The highest BCUT2D eigenvalue weighted by atomic mass is 79.9. The number of carbonyl (C=O) groups excluding carboxylic acids is 1. The van der Waals surface area contributed by atoms with Crippen LogP contribution >= 0.6 is 27.3 Å². The predicted octanol–water partition coefficient (Wildman–Crippen LogP) is 5.00. The van der Waals surface area contributed by atoms with Gasteiger partial charge in [-0.1, -0.05) is 36.4 Å². The molecule has 2 nitrogen and oxygen atoms in total. The summed E-state index contributed by atoms with van der Waals surface area (Å²) in [7, 11) is 0. The number of carbonyl (C=O) groups is 1. The number of hydrogen-bond donors (Lipinski definition) is 0. The summed E-state index contributed by atoms with van der Waals surface area (Å²) in [5.41, 5.74) is 3.00. The summed E-state index contributed by atoms with van der Waals surface area (Å²) in [5, 5.41) is 2.02. The molecule has 3 aromatic rings. The predicted molar refractivity (Wildman–Crippen MR) is 89.7 cm³/mol. The van der Waals surface area contributed by atoms with E-state index >= 15 is 0 Å². The molecular formula is C17H12BrNOS. The van der Waals surface area contributed by atoms with Crippen molar-refractivity contribution in [3.63, 3.8) is 0 Å². The lowest BCUT2D eigenvalue weighted by atomic mass is 10.1. The number of ketones is 1. The Kier molecular flexibility index (Phi) is 4.27. The molecule has 4 heteroatoms. The van der Waals surface area contributed by atoms with Crippen LogP contribution in [0.5, 0.6) is 0 Å². The van der Waals surface area contributed by atoms with E-state index < -0.39 is 0 Å². The fraction of sp³-hybridized carbons (Fsp3) is 0.0588. The largest absolute Gasteiger partial charge is 0.293 e. The Morgan fingerprint density at radius 2 is 1.86 bits per heavy atom. The summed E-state index contributed by atoms with van der Waals surface area (Å²) in [4.78, 5) is 17.4. The van der Waals surface area contributed by atoms with Crippen molar-refractivity contribution in [1.82, 2.24) is 4.98 Å². The van der Waals surface area contributed by atoms with Gasteiger partial charge in [-0.2, -0.15) is 0 Å². The van der Waals surface area contributed by atoms with Crippen molar-refractivity contribution >= 4 is 33.0 Å². The molecule has 2 aromatic heterocycles. The van der Waals surface area contributed by atoms with Crippen LogP contribution in [0.25, 0.3) is 11.1 Å². The van der Waals surface area contributed by atoms with Crippen LogP contribution in [0.2, 0.25) is 0 Å². The molecule has 0 aliphatic rings. The van der Waals surface area contributed by atoms with Gasteiger partial charge in [0.05, 0.1) is 11.3 Å². The van der Waals surface area contributed by atoms with Gasteiger partial charge >= 0.3 is 0 Å². The van der Waals surface area contributed by atoms with Gasteiger partial charge in [0.1, 0.15) is 4.60 Å². The van der Waals surface area contributed by atoms with Crippen LogP contribution in [-0.4, -0.2) is 10.8 Å². The van der Waals surface area contributed by atoms with E-state index in [0.29, 0.717) is 6.42 Å². The van der Waals surface area contributed by atoms with Crippen molar-refractivity contribution < 1.29 is 4.79 Å². The third kappa shape index (κ3) is 3.46. The standard InChI is InChI=1S/C17H12BrNOS/c18-17-8-4-7-14(19-17)10-15(20)16-9-13(11-21-16)12-5-2-1-3-6-12/h1-9,11H,10H2. The third-order valence-corrected chi connectivity index (χ3v) is 4.51. The molecule has 0 spiro atoms. The van der Waals surface area contributed by atoms with Crippen molar-refractivity contribution in [2.75, 3.05) is 0 Å². The van der Waals surface area contributed by atoms with Gasteiger partial charge in [0.15, 0.2) is 5.78 Å². The Hall–Kier alpha value is -1.78. The lowest BCUT2D eigenvalue weighted by Gasteiger charge is -1.99. The molecule has 0 atom stereocenters. The van der Waals surface area contributed by atoms with Crippen molar-refractivity contribution in [3.05, 3.63) is 75.2 Å². The second kappa shape index (κ2) is 6.33. The van der Waals surface area contributed by atoms with Crippen LogP contribution in [0.1, 0.15) is 15.4 Å². The summed E-state index contributed by atoms with van der Waals surface area (Å²) < 4.78 is 0.754. The van der Waals surface area contributed by atoms with Crippen LogP contribution in [0.3, 0.4) is 0 Å². The van der Waals surface area contributed by atoms with Gasteiger partial charge in [-0.15, -0.1) is 11.3 Å². The maximum Gasteiger partial charge on any atom is 0.178 e. The lowest BCUT2D eigenvalue weighted by molar-refractivity contribution is 0.0996. The Bertz CT molecular complexity index is 767. The number of thiophene rings is 1. The van der Waals surface area contributed by atoms with Gasteiger partial charge in [0.25, 0.3) is 0 Å². The van der Waals surface area contributed by atoms with E-state index in [2.05, 4.69) is 20.9 Å². The Balaban J connectivity index is 1.78. The molecule has 0 aliphatic carbocycles. The Morgan fingerprint density at radius 3 is 2.62 bits per heavy atom. The Labute approximate surface area is 135 Å². The number of nitrogens with zero attached hydrogens (tertiary/aromatic N) is 1. The molecule has 3 rings (SSSR count). The fourth-order valence-electron chi connectivity index (χ4n) is 2.06. The van der Waals surface area contributed by atoms with Crippen LogP contribution in [0.15, 0.2) is 64.6 Å². The number of aromatic nitrogens is 1. The minimum atomic E-state index is 0.104. The van der Waals surface area contributed by atoms with Crippen molar-refractivity contribution in [2.45, 2.75) is 6.42 Å². The van der Waals surface area contributed by atoms with Crippen molar-refractivity contribution in [1.29, 1.82) is 0 Å². The first-order valence-corrected chi connectivity index (χ1v) is 8.18. The molecule has 0 fully saturated rings. The third-order valence-electron chi connectivity index (χ3n) is 3.10.